The van der Waals surface area contributed by atoms with Crippen LogP contribution in [-0.4, -0.2) is 13.0 Å². The number of nitrogens with one attached hydrogen (secondary N) is 1. The van der Waals surface area contributed by atoms with Gasteiger partial charge in [-0.2, -0.15) is 10.5 Å². The molecule has 0 saturated heterocycles. The lowest BCUT2D eigenvalue weighted by molar-refractivity contribution is -0.112. The van der Waals surface area contributed by atoms with Crippen LogP contribution in [0.5, 0.6) is 11.5 Å². The molecule has 0 aliphatic rings. The molecule has 0 spiro atoms. The third-order valence-corrected chi connectivity index (χ3v) is 5.73. The second-order valence-corrected chi connectivity index (χ2v) is 8.43. The summed E-state index contributed by atoms with van der Waals surface area (Å²) < 4.78 is 12.3. The highest BCUT2D eigenvalue weighted by molar-refractivity contribution is 9.11. The van der Waals surface area contributed by atoms with Gasteiger partial charge in [-0.1, -0.05) is 18.2 Å². The standard InChI is InChI=1S/C25H17Br2N3O3/c1-32-21-8-6-20(7-9-21)30-25(31)19(14-29)10-16-11-22(26)24(23(27)12-16)33-15-18-5-3-2-4-17(18)13-28/h2-12H,15H2,1H3,(H,30,31)/b19-10-. The number of carbonyl (C=O) groups excluding carboxylic acids is 1. The second-order valence-electron chi connectivity index (χ2n) is 6.72. The molecule has 3 aromatic rings. The molecule has 0 aromatic heterocycles. The molecule has 1 N–H and O–H groups in total. The molecule has 3 aromatic carbocycles. The number of benzene rings is 3. The molecule has 0 aliphatic carbocycles. The molecule has 0 radical (unpaired) electrons. The van der Waals surface area contributed by atoms with E-state index in [1.165, 1.54) is 6.08 Å². The van der Waals surface area contributed by atoms with Gasteiger partial charge in [-0.25, -0.2) is 0 Å². The van der Waals surface area contributed by atoms with E-state index in [-0.39, 0.29) is 12.2 Å². The van der Waals surface area contributed by atoms with E-state index in [0.717, 1.165) is 5.56 Å². The number of anilines is 1. The van der Waals surface area contributed by atoms with Crippen LogP contribution in [0.3, 0.4) is 0 Å². The van der Waals surface area contributed by atoms with E-state index in [1.807, 2.05) is 18.2 Å². The Bertz CT molecular complexity index is 1270. The number of carbonyl (C=O) groups is 1. The summed E-state index contributed by atoms with van der Waals surface area (Å²) in [5.74, 6) is 0.682. The second kappa shape index (κ2) is 11.3. The van der Waals surface area contributed by atoms with Crippen molar-refractivity contribution in [3.8, 4) is 23.6 Å². The molecule has 1 amide bonds. The first-order chi connectivity index (χ1) is 15.9. The molecular formula is C25H17Br2N3O3. The maximum atomic E-state index is 12.6. The number of hydrogen-bond acceptors (Lipinski definition) is 5. The van der Waals surface area contributed by atoms with Crippen molar-refractivity contribution in [1.29, 1.82) is 10.5 Å². The van der Waals surface area contributed by atoms with E-state index >= 15 is 0 Å². The first-order valence-corrected chi connectivity index (χ1v) is 11.2. The normalized spacial score (nSPS) is 10.6. The lowest BCUT2D eigenvalue weighted by Crippen LogP contribution is -2.13. The summed E-state index contributed by atoms with van der Waals surface area (Å²) in [6.45, 7) is 0.212. The Labute approximate surface area is 208 Å². The number of methoxy groups -OCH3 is 1. The number of hydrogen-bond donors (Lipinski definition) is 1. The highest BCUT2D eigenvalue weighted by Crippen LogP contribution is 2.36. The Balaban J connectivity index is 1.77. The lowest BCUT2D eigenvalue weighted by atomic mass is 10.1. The van der Waals surface area contributed by atoms with E-state index < -0.39 is 5.91 Å². The summed E-state index contributed by atoms with van der Waals surface area (Å²) in [7, 11) is 1.56. The molecule has 8 heteroatoms. The van der Waals surface area contributed by atoms with Crippen LogP contribution in [0.2, 0.25) is 0 Å². The number of halogens is 2. The van der Waals surface area contributed by atoms with Crippen LogP contribution in [0.15, 0.2) is 75.2 Å². The van der Waals surface area contributed by atoms with Gasteiger partial charge < -0.3 is 14.8 Å². The zero-order valence-electron chi connectivity index (χ0n) is 17.4. The van der Waals surface area contributed by atoms with Crippen LogP contribution < -0.4 is 14.8 Å². The Morgan fingerprint density at radius 1 is 1.06 bits per heavy atom. The van der Waals surface area contributed by atoms with Crippen molar-refractivity contribution < 1.29 is 14.3 Å². The third kappa shape index (κ3) is 6.23. The Hall–Kier alpha value is -3.59. The fraction of sp³-hybridized carbons (Fsp3) is 0.0800. The zero-order valence-corrected chi connectivity index (χ0v) is 20.6. The minimum absolute atomic E-state index is 0.0544. The fourth-order valence-corrected chi connectivity index (χ4v) is 4.34. The van der Waals surface area contributed by atoms with Gasteiger partial charge in [-0.15, -0.1) is 0 Å². The van der Waals surface area contributed by atoms with Crippen molar-refractivity contribution in [3.05, 3.63) is 91.9 Å². The fourth-order valence-electron chi connectivity index (χ4n) is 2.89. The van der Waals surface area contributed by atoms with E-state index in [2.05, 4.69) is 43.2 Å². The topological polar surface area (TPSA) is 95.1 Å². The van der Waals surface area contributed by atoms with Crippen molar-refractivity contribution in [2.24, 2.45) is 0 Å². The summed E-state index contributed by atoms with van der Waals surface area (Å²) in [5.41, 5.74) is 2.43. The summed E-state index contributed by atoms with van der Waals surface area (Å²) in [6, 6.07) is 21.6. The summed E-state index contributed by atoms with van der Waals surface area (Å²) >= 11 is 6.96. The van der Waals surface area contributed by atoms with Crippen molar-refractivity contribution in [2.45, 2.75) is 6.61 Å². The molecule has 0 unspecified atom stereocenters. The van der Waals surface area contributed by atoms with Crippen molar-refractivity contribution in [1.82, 2.24) is 0 Å². The monoisotopic (exact) mass is 565 g/mol. The molecule has 3 rings (SSSR count). The van der Waals surface area contributed by atoms with Gasteiger partial charge in [-0.3, -0.25) is 4.79 Å². The average molecular weight is 567 g/mol. The largest absolute Gasteiger partial charge is 0.497 e. The van der Waals surface area contributed by atoms with Crippen molar-refractivity contribution in [3.63, 3.8) is 0 Å². The quantitative estimate of drug-likeness (QED) is 0.271. The molecule has 0 aliphatic heterocycles. The van der Waals surface area contributed by atoms with Crippen molar-refractivity contribution >= 4 is 49.5 Å². The maximum absolute atomic E-state index is 12.6. The predicted octanol–water partition coefficient (Wildman–Crippen LogP) is 6.22. The summed E-state index contributed by atoms with van der Waals surface area (Å²) in [4.78, 5) is 12.6. The van der Waals surface area contributed by atoms with E-state index in [0.29, 0.717) is 37.3 Å². The number of ether oxygens (including phenoxy) is 2. The Morgan fingerprint density at radius 2 is 1.73 bits per heavy atom. The van der Waals surface area contributed by atoms with Gasteiger partial charge in [0.25, 0.3) is 5.91 Å². The van der Waals surface area contributed by atoms with Crippen LogP contribution in [0.1, 0.15) is 16.7 Å². The molecule has 0 fully saturated rings. The van der Waals surface area contributed by atoms with Gasteiger partial charge >= 0.3 is 0 Å². The number of nitrogens with zero attached hydrogens (tertiary/aromatic N) is 2. The SMILES string of the molecule is COc1ccc(NC(=O)/C(C#N)=C\c2cc(Br)c(OCc3ccccc3C#N)c(Br)c2)cc1. The highest BCUT2D eigenvalue weighted by atomic mass is 79.9. The van der Waals surface area contributed by atoms with Crippen LogP contribution in [0.25, 0.3) is 6.08 Å². The molecule has 0 bridgehead atoms. The Kier molecular flexibility index (Phi) is 8.26. The van der Waals surface area contributed by atoms with Gasteiger partial charge in [0, 0.05) is 11.3 Å². The molecule has 164 valence electrons. The van der Waals surface area contributed by atoms with Crippen LogP contribution in [0, 0.1) is 22.7 Å². The van der Waals surface area contributed by atoms with Crippen LogP contribution >= 0.6 is 31.9 Å². The van der Waals surface area contributed by atoms with Gasteiger partial charge in [0.15, 0.2) is 0 Å². The third-order valence-electron chi connectivity index (χ3n) is 4.55. The maximum Gasteiger partial charge on any atom is 0.266 e. The van der Waals surface area contributed by atoms with Gasteiger partial charge in [0.1, 0.15) is 29.7 Å². The molecule has 0 heterocycles. The summed E-state index contributed by atoms with van der Waals surface area (Å²) in [6.07, 6.45) is 1.49. The van der Waals surface area contributed by atoms with E-state index in [9.17, 15) is 15.3 Å². The Morgan fingerprint density at radius 3 is 2.33 bits per heavy atom. The first kappa shape index (κ1) is 24.1. The van der Waals surface area contributed by atoms with Crippen LogP contribution in [-0.2, 0) is 11.4 Å². The molecule has 6 nitrogen and oxygen atoms in total. The lowest BCUT2D eigenvalue weighted by Gasteiger charge is -2.12. The van der Waals surface area contributed by atoms with Crippen LogP contribution in [0.4, 0.5) is 5.69 Å². The molecule has 0 atom stereocenters. The highest BCUT2D eigenvalue weighted by Gasteiger charge is 2.13. The van der Waals surface area contributed by atoms with Gasteiger partial charge in [-0.05, 0) is 86.0 Å². The van der Waals surface area contributed by atoms with Gasteiger partial charge in [0.05, 0.1) is 27.7 Å². The average Bonchev–Trinajstić information content (AvgIpc) is 2.82. The van der Waals surface area contributed by atoms with Gasteiger partial charge in [0.2, 0.25) is 0 Å². The van der Waals surface area contributed by atoms with E-state index in [4.69, 9.17) is 9.47 Å². The predicted molar refractivity (Wildman–Crippen MR) is 133 cm³/mol. The minimum atomic E-state index is -0.525. The van der Waals surface area contributed by atoms with E-state index in [1.54, 1.807) is 55.6 Å². The number of nitriles is 2. The minimum Gasteiger partial charge on any atom is -0.497 e. The molecular weight excluding hydrogens is 550 g/mol. The number of amides is 1. The molecule has 33 heavy (non-hydrogen) atoms. The first-order valence-electron chi connectivity index (χ1n) is 9.62. The smallest absolute Gasteiger partial charge is 0.266 e. The number of rotatable bonds is 7. The molecule has 0 saturated carbocycles. The van der Waals surface area contributed by atoms with Crippen molar-refractivity contribution in [2.75, 3.05) is 12.4 Å². The zero-order chi connectivity index (χ0) is 23.8. The summed E-state index contributed by atoms with van der Waals surface area (Å²) in [5, 5.41) is 21.4.